The number of carbonyl (C=O) groups is 1. The minimum atomic E-state index is -0.242. The summed E-state index contributed by atoms with van der Waals surface area (Å²) in [6, 6.07) is 5.12. The third-order valence-corrected chi connectivity index (χ3v) is 3.21. The molecular formula is C13H19N3O2. The zero-order valence-corrected chi connectivity index (χ0v) is 10.3. The molecule has 0 saturated heterocycles. The van der Waals surface area contributed by atoms with Crippen molar-refractivity contribution in [1.29, 1.82) is 0 Å². The van der Waals surface area contributed by atoms with E-state index in [9.17, 15) is 9.90 Å². The fourth-order valence-electron chi connectivity index (χ4n) is 2.28. The van der Waals surface area contributed by atoms with Crippen LogP contribution in [0.5, 0.6) is 0 Å². The average Bonchev–Trinajstić information content (AvgIpc) is 2.38. The second-order valence-electron chi connectivity index (χ2n) is 4.74. The van der Waals surface area contributed by atoms with Crippen LogP contribution in [0.3, 0.4) is 0 Å². The van der Waals surface area contributed by atoms with Gasteiger partial charge in [-0.25, -0.2) is 9.78 Å². The lowest BCUT2D eigenvalue weighted by molar-refractivity contribution is 0.101. The van der Waals surface area contributed by atoms with E-state index < -0.39 is 0 Å². The number of urea groups is 1. The Hall–Kier alpha value is -1.62. The number of rotatable bonds is 3. The molecule has 2 atom stereocenters. The van der Waals surface area contributed by atoms with E-state index in [1.807, 2.05) is 6.07 Å². The lowest BCUT2D eigenvalue weighted by Crippen LogP contribution is -2.35. The van der Waals surface area contributed by atoms with Gasteiger partial charge in [-0.05, 0) is 37.3 Å². The smallest absolute Gasteiger partial charge is 0.320 e. The highest BCUT2D eigenvalue weighted by Crippen LogP contribution is 2.23. The third kappa shape index (κ3) is 4.00. The number of carbonyl (C=O) groups excluding carboxylic acids is 1. The topological polar surface area (TPSA) is 74.2 Å². The predicted octanol–water partition coefficient (Wildman–Crippen LogP) is 1.75. The number of pyridine rings is 1. The molecule has 2 amide bonds. The Kier molecular flexibility index (Phi) is 4.52. The van der Waals surface area contributed by atoms with Gasteiger partial charge >= 0.3 is 6.03 Å². The lowest BCUT2D eigenvalue weighted by atomic mass is 9.87. The summed E-state index contributed by atoms with van der Waals surface area (Å²) in [5, 5.41) is 15.0. The Labute approximate surface area is 107 Å². The average molecular weight is 249 g/mol. The summed E-state index contributed by atoms with van der Waals surface area (Å²) < 4.78 is 0. The van der Waals surface area contributed by atoms with Gasteiger partial charge in [0.05, 0.1) is 6.10 Å². The molecule has 0 bridgehead atoms. The van der Waals surface area contributed by atoms with Crippen LogP contribution >= 0.6 is 0 Å². The summed E-state index contributed by atoms with van der Waals surface area (Å²) >= 11 is 0. The van der Waals surface area contributed by atoms with Crippen LogP contribution in [0.1, 0.15) is 25.7 Å². The number of hydrogen-bond acceptors (Lipinski definition) is 3. The molecular weight excluding hydrogens is 230 g/mol. The van der Waals surface area contributed by atoms with E-state index >= 15 is 0 Å². The molecule has 18 heavy (non-hydrogen) atoms. The molecule has 0 aliphatic heterocycles. The molecule has 0 spiro atoms. The van der Waals surface area contributed by atoms with E-state index in [-0.39, 0.29) is 12.1 Å². The van der Waals surface area contributed by atoms with Crippen molar-refractivity contribution in [3.8, 4) is 0 Å². The van der Waals surface area contributed by atoms with Crippen molar-refractivity contribution >= 4 is 11.8 Å². The van der Waals surface area contributed by atoms with Gasteiger partial charge in [-0.1, -0.05) is 12.5 Å². The monoisotopic (exact) mass is 249 g/mol. The van der Waals surface area contributed by atoms with Crippen molar-refractivity contribution in [3.05, 3.63) is 24.4 Å². The van der Waals surface area contributed by atoms with Crippen LogP contribution < -0.4 is 10.6 Å². The van der Waals surface area contributed by atoms with Crippen molar-refractivity contribution in [2.24, 2.45) is 5.92 Å². The fraction of sp³-hybridized carbons (Fsp3) is 0.538. The molecule has 1 aromatic rings. The molecule has 2 unspecified atom stereocenters. The van der Waals surface area contributed by atoms with Crippen LogP contribution in [-0.4, -0.2) is 28.8 Å². The summed E-state index contributed by atoms with van der Waals surface area (Å²) in [5.41, 5.74) is 0. The standard InChI is InChI=1S/C13H19N3O2/c17-11-5-3-4-10(8-11)9-15-13(18)16-12-6-1-2-7-14-12/h1-2,6-7,10-11,17H,3-5,8-9H2,(H2,14,15,16,18). The van der Waals surface area contributed by atoms with Crippen molar-refractivity contribution in [3.63, 3.8) is 0 Å². The number of hydrogen-bond donors (Lipinski definition) is 3. The summed E-state index contributed by atoms with van der Waals surface area (Å²) in [6.45, 7) is 0.607. The van der Waals surface area contributed by atoms with Crippen LogP contribution in [-0.2, 0) is 0 Å². The van der Waals surface area contributed by atoms with E-state index in [1.165, 1.54) is 0 Å². The molecule has 1 aliphatic rings. The maximum atomic E-state index is 11.6. The first-order chi connectivity index (χ1) is 8.74. The fourth-order valence-corrected chi connectivity index (χ4v) is 2.28. The van der Waals surface area contributed by atoms with E-state index in [0.717, 1.165) is 25.7 Å². The first-order valence-corrected chi connectivity index (χ1v) is 6.38. The highest BCUT2D eigenvalue weighted by Gasteiger charge is 2.20. The van der Waals surface area contributed by atoms with Crippen molar-refractivity contribution < 1.29 is 9.90 Å². The second kappa shape index (κ2) is 6.35. The maximum Gasteiger partial charge on any atom is 0.320 e. The quantitative estimate of drug-likeness (QED) is 0.764. The van der Waals surface area contributed by atoms with Crippen LogP contribution in [0, 0.1) is 5.92 Å². The van der Waals surface area contributed by atoms with Gasteiger partial charge in [0.1, 0.15) is 5.82 Å². The molecule has 1 aromatic heterocycles. The lowest BCUT2D eigenvalue weighted by Gasteiger charge is -2.25. The van der Waals surface area contributed by atoms with Gasteiger partial charge in [-0.15, -0.1) is 0 Å². The van der Waals surface area contributed by atoms with E-state index in [2.05, 4.69) is 15.6 Å². The first kappa shape index (κ1) is 12.8. The van der Waals surface area contributed by atoms with Crippen molar-refractivity contribution in [2.75, 3.05) is 11.9 Å². The van der Waals surface area contributed by atoms with Crippen molar-refractivity contribution in [1.82, 2.24) is 10.3 Å². The van der Waals surface area contributed by atoms with Crippen LogP contribution in [0.15, 0.2) is 24.4 Å². The largest absolute Gasteiger partial charge is 0.393 e. The molecule has 2 rings (SSSR count). The number of nitrogens with zero attached hydrogens (tertiary/aromatic N) is 1. The highest BCUT2D eigenvalue weighted by atomic mass is 16.3. The number of amides is 2. The predicted molar refractivity (Wildman–Crippen MR) is 69.2 cm³/mol. The normalized spacial score (nSPS) is 23.4. The molecule has 3 N–H and O–H groups in total. The molecule has 5 heteroatoms. The van der Waals surface area contributed by atoms with E-state index in [0.29, 0.717) is 18.3 Å². The Morgan fingerprint density at radius 2 is 2.33 bits per heavy atom. The van der Waals surface area contributed by atoms with Crippen molar-refractivity contribution in [2.45, 2.75) is 31.8 Å². The van der Waals surface area contributed by atoms with Crippen LogP contribution in [0.2, 0.25) is 0 Å². The van der Waals surface area contributed by atoms with Gasteiger partial charge in [-0.3, -0.25) is 5.32 Å². The van der Waals surface area contributed by atoms with Crippen LogP contribution in [0.25, 0.3) is 0 Å². The summed E-state index contributed by atoms with van der Waals surface area (Å²) in [5.74, 6) is 0.918. The number of aliphatic hydroxyl groups excluding tert-OH is 1. The second-order valence-corrected chi connectivity index (χ2v) is 4.74. The molecule has 1 aliphatic carbocycles. The zero-order valence-electron chi connectivity index (χ0n) is 10.3. The summed E-state index contributed by atoms with van der Waals surface area (Å²) in [7, 11) is 0. The van der Waals surface area contributed by atoms with Gasteiger partial charge in [0.15, 0.2) is 0 Å². The Morgan fingerprint density at radius 3 is 3.06 bits per heavy atom. The Balaban J connectivity index is 1.71. The third-order valence-electron chi connectivity index (χ3n) is 3.21. The number of aliphatic hydroxyl groups is 1. The minimum absolute atomic E-state index is 0.204. The van der Waals surface area contributed by atoms with E-state index in [1.54, 1.807) is 18.3 Å². The molecule has 0 radical (unpaired) electrons. The number of nitrogens with one attached hydrogen (secondary N) is 2. The van der Waals surface area contributed by atoms with Crippen LogP contribution in [0.4, 0.5) is 10.6 Å². The molecule has 5 nitrogen and oxygen atoms in total. The summed E-state index contributed by atoms with van der Waals surface area (Å²) in [6.07, 6.45) is 5.20. The molecule has 98 valence electrons. The Bertz CT molecular complexity index is 383. The minimum Gasteiger partial charge on any atom is -0.393 e. The van der Waals surface area contributed by atoms with Gasteiger partial charge in [0, 0.05) is 12.7 Å². The maximum absolute atomic E-state index is 11.6. The molecule has 1 fully saturated rings. The van der Waals surface area contributed by atoms with Gasteiger partial charge in [0.25, 0.3) is 0 Å². The van der Waals surface area contributed by atoms with E-state index in [4.69, 9.17) is 0 Å². The zero-order chi connectivity index (χ0) is 12.8. The number of aromatic nitrogens is 1. The Morgan fingerprint density at radius 1 is 1.44 bits per heavy atom. The van der Waals surface area contributed by atoms with Gasteiger partial charge < -0.3 is 10.4 Å². The highest BCUT2D eigenvalue weighted by molar-refractivity contribution is 5.88. The molecule has 0 aromatic carbocycles. The summed E-state index contributed by atoms with van der Waals surface area (Å²) in [4.78, 5) is 15.6. The van der Waals surface area contributed by atoms with Gasteiger partial charge in [0.2, 0.25) is 0 Å². The molecule has 1 saturated carbocycles. The number of anilines is 1. The SMILES string of the molecule is O=C(NCC1CCCC(O)C1)Nc1ccccn1. The first-order valence-electron chi connectivity index (χ1n) is 6.38. The van der Waals surface area contributed by atoms with Gasteiger partial charge in [-0.2, -0.15) is 0 Å². The molecule has 1 heterocycles.